The lowest BCUT2D eigenvalue weighted by atomic mass is 10.1. The van der Waals surface area contributed by atoms with Crippen molar-refractivity contribution in [3.05, 3.63) is 85.8 Å². The zero-order valence-electron chi connectivity index (χ0n) is 14.1. The lowest BCUT2D eigenvalue weighted by Crippen LogP contribution is -2.28. The second-order valence-corrected chi connectivity index (χ2v) is 7.40. The van der Waals surface area contributed by atoms with E-state index in [4.69, 9.17) is 16.0 Å². The number of halogens is 2. The fourth-order valence-electron chi connectivity index (χ4n) is 2.80. The first kappa shape index (κ1) is 18.5. The van der Waals surface area contributed by atoms with Gasteiger partial charge in [0.25, 0.3) is 11.1 Å². The van der Waals surface area contributed by atoms with Crippen molar-refractivity contribution in [3.8, 4) is 0 Å². The number of rotatable bonds is 3. The molecule has 1 aromatic heterocycles. The Bertz CT molecular complexity index is 1200. The third-order valence-electron chi connectivity index (χ3n) is 4.21. The van der Waals surface area contributed by atoms with Crippen molar-refractivity contribution < 1.29 is 18.4 Å². The monoisotopic (exact) mass is 415 g/mol. The fourth-order valence-corrected chi connectivity index (χ4v) is 3.85. The van der Waals surface area contributed by atoms with E-state index in [1.807, 2.05) is 0 Å². The molecule has 1 saturated heterocycles. The maximum Gasteiger partial charge on any atom is 0.343 e. The van der Waals surface area contributed by atoms with Crippen LogP contribution in [0.25, 0.3) is 17.0 Å². The van der Waals surface area contributed by atoms with E-state index >= 15 is 0 Å². The van der Waals surface area contributed by atoms with Gasteiger partial charge in [0.2, 0.25) is 0 Å². The Morgan fingerprint density at radius 3 is 2.68 bits per heavy atom. The Labute approximate surface area is 167 Å². The Morgan fingerprint density at radius 2 is 1.89 bits per heavy atom. The number of carbonyl (C=O) groups excluding carboxylic acids is 2. The van der Waals surface area contributed by atoms with Crippen molar-refractivity contribution in [2.24, 2.45) is 0 Å². The highest BCUT2D eigenvalue weighted by Gasteiger charge is 2.36. The van der Waals surface area contributed by atoms with Crippen LogP contribution in [-0.2, 0) is 11.3 Å². The van der Waals surface area contributed by atoms with Crippen LogP contribution >= 0.6 is 23.4 Å². The first-order valence-corrected chi connectivity index (χ1v) is 9.34. The molecular weight excluding hydrogens is 405 g/mol. The Balaban J connectivity index is 1.67. The lowest BCUT2D eigenvalue weighted by Gasteiger charge is -2.14. The van der Waals surface area contributed by atoms with Gasteiger partial charge >= 0.3 is 5.63 Å². The Morgan fingerprint density at radius 1 is 1.11 bits per heavy atom. The third-order valence-corrected chi connectivity index (χ3v) is 5.47. The maximum atomic E-state index is 14.0. The molecule has 8 heteroatoms. The second kappa shape index (κ2) is 7.26. The van der Waals surface area contributed by atoms with Gasteiger partial charge in [-0.25, -0.2) is 9.18 Å². The van der Waals surface area contributed by atoms with Crippen LogP contribution in [-0.4, -0.2) is 16.0 Å². The van der Waals surface area contributed by atoms with Crippen LogP contribution in [0.1, 0.15) is 11.1 Å². The summed E-state index contributed by atoms with van der Waals surface area (Å²) in [6, 6.07) is 12.7. The average molecular weight is 416 g/mol. The van der Waals surface area contributed by atoms with Crippen molar-refractivity contribution >= 4 is 51.6 Å². The van der Waals surface area contributed by atoms with Gasteiger partial charge < -0.3 is 4.42 Å². The molecule has 5 nitrogen and oxygen atoms in total. The molecule has 0 aliphatic carbocycles. The number of nitrogens with zero attached hydrogens (tertiary/aromatic N) is 1. The Kier molecular flexibility index (Phi) is 4.78. The van der Waals surface area contributed by atoms with E-state index in [0.29, 0.717) is 22.7 Å². The number of thioether (sulfide) groups is 1. The standard InChI is InChI=1S/C20H11ClFNO4S/c21-14-5-3-6-15(22)13(14)10-23-18(24)17(28-20(23)26)9-12-8-11-4-1-2-7-16(11)27-19(12)25/h1-9H,10H2/b17-9+. The van der Waals surface area contributed by atoms with Crippen LogP contribution in [0.15, 0.2) is 62.6 Å². The zero-order chi connectivity index (χ0) is 19.8. The Hall–Kier alpha value is -2.90. The molecule has 0 spiro atoms. The summed E-state index contributed by atoms with van der Waals surface area (Å²) >= 11 is 6.66. The van der Waals surface area contributed by atoms with E-state index in [9.17, 15) is 18.8 Å². The number of amides is 2. The number of hydrogen-bond donors (Lipinski definition) is 0. The SMILES string of the molecule is O=C1S/C(=C/c2cc3ccccc3oc2=O)C(=O)N1Cc1c(F)cccc1Cl. The highest BCUT2D eigenvalue weighted by molar-refractivity contribution is 8.18. The first-order chi connectivity index (χ1) is 13.4. The minimum Gasteiger partial charge on any atom is -0.422 e. The minimum atomic E-state index is -0.623. The molecule has 2 heterocycles. The summed E-state index contributed by atoms with van der Waals surface area (Å²) in [5.74, 6) is -1.23. The van der Waals surface area contributed by atoms with E-state index in [2.05, 4.69) is 0 Å². The smallest absolute Gasteiger partial charge is 0.343 e. The fraction of sp³-hybridized carbons (Fsp3) is 0.0500. The summed E-state index contributed by atoms with van der Waals surface area (Å²) in [4.78, 5) is 38.0. The lowest BCUT2D eigenvalue weighted by molar-refractivity contribution is -0.123. The molecule has 1 fully saturated rings. The molecule has 140 valence electrons. The zero-order valence-corrected chi connectivity index (χ0v) is 15.7. The van der Waals surface area contributed by atoms with Gasteiger partial charge in [-0.05, 0) is 42.1 Å². The van der Waals surface area contributed by atoms with Gasteiger partial charge in [0.05, 0.1) is 17.0 Å². The van der Waals surface area contributed by atoms with Crippen LogP contribution < -0.4 is 5.63 Å². The molecule has 0 unspecified atom stereocenters. The van der Waals surface area contributed by atoms with Gasteiger partial charge in [0, 0.05) is 16.0 Å². The molecule has 1 aliphatic rings. The molecule has 0 bridgehead atoms. The largest absolute Gasteiger partial charge is 0.422 e. The number of hydrogen-bond acceptors (Lipinski definition) is 5. The second-order valence-electron chi connectivity index (χ2n) is 6.00. The van der Waals surface area contributed by atoms with Crippen molar-refractivity contribution in [1.29, 1.82) is 0 Å². The van der Waals surface area contributed by atoms with Crippen molar-refractivity contribution in [2.45, 2.75) is 6.54 Å². The quantitative estimate of drug-likeness (QED) is 0.453. The van der Waals surface area contributed by atoms with Crippen molar-refractivity contribution in [2.75, 3.05) is 0 Å². The van der Waals surface area contributed by atoms with Crippen LogP contribution in [0.3, 0.4) is 0 Å². The molecule has 0 saturated carbocycles. The summed E-state index contributed by atoms with van der Waals surface area (Å²) in [7, 11) is 0. The van der Waals surface area contributed by atoms with Gasteiger partial charge in [0.15, 0.2) is 0 Å². The molecule has 28 heavy (non-hydrogen) atoms. The molecule has 2 amide bonds. The van der Waals surface area contributed by atoms with Crippen molar-refractivity contribution in [3.63, 3.8) is 0 Å². The van der Waals surface area contributed by atoms with Gasteiger partial charge in [-0.15, -0.1) is 0 Å². The third kappa shape index (κ3) is 3.34. The molecule has 0 N–H and O–H groups in total. The number of para-hydroxylation sites is 1. The molecular formula is C20H11ClFNO4S. The average Bonchev–Trinajstić information content (AvgIpc) is 2.92. The van der Waals surface area contributed by atoms with Gasteiger partial charge in [-0.2, -0.15) is 0 Å². The number of benzene rings is 2. The van der Waals surface area contributed by atoms with Gasteiger partial charge in [-0.1, -0.05) is 35.9 Å². The van der Waals surface area contributed by atoms with Crippen LogP contribution in [0.2, 0.25) is 5.02 Å². The summed E-state index contributed by atoms with van der Waals surface area (Å²) < 4.78 is 19.2. The number of fused-ring (bicyclic) bond motifs is 1. The molecule has 4 rings (SSSR count). The van der Waals surface area contributed by atoms with E-state index in [1.165, 1.54) is 24.3 Å². The number of imide groups is 1. The van der Waals surface area contributed by atoms with Crippen LogP contribution in [0, 0.1) is 5.82 Å². The predicted molar refractivity (Wildman–Crippen MR) is 105 cm³/mol. The molecule has 2 aromatic carbocycles. The van der Waals surface area contributed by atoms with E-state index in [-0.39, 0.29) is 27.6 Å². The van der Waals surface area contributed by atoms with E-state index < -0.39 is 22.6 Å². The molecule has 3 aromatic rings. The number of carbonyl (C=O) groups is 2. The maximum absolute atomic E-state index is 14.0. The summed E-state index contributed by atoms with van der Waals surface area (Å²) in [5, 5.41) is 0.240. The van der Waals surface area contributed by atoms with E-state index in [1.54, 1.807) is 30.3 Å². The molecule has 1 aliphatic heterocycles. The van der Waals surface area contributed by atoms with Crippen LogP contribution in [0.5, 0.6) is 0 Å². The molecule has 0 atom stereocenters. The highest BCUT2D eigenvalue weighted by atomic mass is 35.5. The van der Waals surface area contributed by atoms with Crippen molar-refractivity contribution in [1.82, 2.24) is 4.90 Å². The highest BCUT2D eigenvalue weighted by Crippen LogP contribution is 2.34. The van der Waals surface area contributed by atoms with E-state index in [0.717, 1.165) is 4.90 Å². The van der Waals surface area contributed by atoms with Gasteiger partial charge in [-0.3, -0.25) is 14.5 Å². The predicted octanol–water partition coefficient (Wildman–Crippen LogP) is 4.82. The van der Waals surface area contributed by atoms with Gasteiger partial charge in [0.1, 0.15) is 11.4 Å². The topological polar surface area (TPSA) is 67.6 Å². The summed E-state index contributed by atoms with van der Waals surface area (Å²) in [5.41, 5.74) is 0.000608. The van der Waals surface area contributed by atoms with Crippen LogP contribution in [0.4, 0.5) is 9.18 Å². The summed E-state index contributed by atoms with van der Waals surface area (Å²) in [6.45, 7) is -0.292. The first-order valence-electron chi connectivity index (χ1n) is 8.15. The molecule has 0 radical (unpaired) electrons. The minimum absolute atomic E-state index is 0.0536. The summed E-state index contributed by atoms with van der Waals surface area (Å²) in [6.07, 6.45) is 1.31. The normalized spacial score (nSPS) is 15.8.